The Balaban J connectivity index is 2.00. The molecule has 1 aromatic carbocycles. The van der Waals surface area contributed by atoms with Crippen LogP contribution in [0.25, 0.3) is 0 Å². The summed E-state index contributed by atoms with van der Waals surface area (Å²) in [5, 5.41) is 3.72. The van der Waals surface area contributed by atoms with Crippen molar-refractivity contribution < 1.29 is 14.3 Å². The number of ether oxygens (including phenoxy) is 2. The number of hydrogen-bond donors (Lipinski definition) is 1. The van der Waals surface area contributed by atoms with Crippen molar-refractivity contribution >= 4 is 22.6 Å². The van der Waals surface area contributed by atoms with Crippen molar-refractivity contribution in [3.63, 3.8) is 0 Å². The van der Waals surface area contributed by atoms with E-state index in [0.717, 1.165) is 28.7 Å². The molecule has 1 amide bonds. The monoisotopic (exact) mass is 392 g/mol. The summed E-state index contributed by atoms with van der Waals surface area (Å²) in [5.74, 6) is 1.64. The van der Waals surface area contributed by atoms with Crippen LogP contribution in [-0.2, 0) is 16.0 Å². The zero-order chi connectivity index (χ0) is 19.5. The Hall–Kier alpha value is -2.19. The molecule has 7 nitrogen and oxygen atoms in total. The topological polar surface area (TPSA) is 76.6 Å². The molecule has 0 atom stereocenters. The van der Waals surface area contributed by atoms with Gasteiger partial charge in [-0.3, -0.25) is 4.79 Å². The molecule has 0 bridgehead atoms. The zero-order valence-corrected chi connectivity index (χ0v) is 17.1. The Labute approximate surface area is 164 Å². The van der Waals surface area contributed by atoms with Gasteiger partial charge in [0.15, 0.2) is 0 Å². The van der Waals surface area contributed by atoms with Crippen LogP contribution in [0.4, 0.5) is 5.13 Å². The number of aromatic nitrogens is 2. The molecule has 1 aromatic heterocycles. The number of benzene rings is 1. The van der Waals surface area contributed by atoms with Crippen molar-refractivity contribution in [1.29, 1.82) is 0 Å². The summed E-state index contributed by atoms with van der Waals surface area (Å²) >= 11 is 1.35. The number of nitrogens with zero attached hydrogens (tertiary/aromatic N) is 3. The van der Waals surface area contributed by atoms with Crippen LogP contribution in [0.5, 0.6) is 5.75 Å². The summed E-state index contributed by atoms with van der Waals surface area (Å²) in [6, 6.07) is 7.90. The Morgan fingerprint density at radius 3 is 2.89 bits per heavy atom. The molecule has 0 aliphatic rings. The fourth-order valence-electron chi connectivity index (χ4n) is 2.50. The lowest BCUT2D eigenvalue weighted by Crippen LogP contribution is -2.33. The average molecular weight is 393 g/mol. The second kappa shape index (κ2) is 11.5. The molecule has 1 heterocycles. The van der Waals surface area contributed by atoms with E-state index >= 15 is 0 Å². The van der Waals surface area contributed by atoms with Gasteiger partial charge >= 0.3 is 0 Å². The highest BCUT2D eigenvalue weighted by Crippen LogP contribution is 2.20. The number of anilines is 1. The van der Waals surface area contributed by atoms with Gasteiger partial charge in [-0.15, -0.1) is 0 Å². The molecular weight excluding hydrogens is 364 g/mol. The largest absolute Gasteiger partial charge is 0.497 e. The lowest BCUT2D eigenvalue weighted by atomic mass is 10.1. The molecule has 27 heavy (non-hydrogen) atoms. The molecule has 0 saturated carbocycles. The normalized spacial score (nSPS) is 10.6. The van der Waals surface area contributed by atoms with E-state index < -0.39 is 0 Å². The first-order valence-corrected chi connectivity index (χ1v) is 9.89. The van der Waals surface area contributed by atoms with Gasteiger partial charge in [-0.25, -0.2) is 4.98 Å². The predicted octanol–water partition coefficient (Wildman–Crippen LogP) is 2.51. The summed E-state index contributed by atoms with van der Waals surface area (Å²) in [4.78, 5) is 18.6. The third-order valence-corrected chi connectivity index (χ3v) is 4.79. The lowest BCUT2D eigenvalue weighted by molar-refractivity contribution is -0.120. The molecule has 0 saturated heterocycles. The van der Waals surface area contributed by atoms with Crippen LogP contribution in [0.15, 0.2) is 24.3 Å². The van der Waals surface area contributed by atoms with Gasteiger partial charge in [0.05, 0.1) is 13.7 Å². The minimum Gasteiger partial charge on any atom is -0.497 e. The van der Waals surface area contributed by atoms with Crippen LogP contribution in [-0.4, -0.2) is 55.7 Å². The first-order valence-electron chi connectivity index (χ1n) is 9.12. The van der Waals surface area contributed by atoms with Gasteiger partial charge in [-0.05, 0) is 24.1 Å². The van der Waals surface area contributed by atoms with Crippen molar-refractivity contribution in [2.24, 2.45) is 0 Å². The van der Waals surface area contributed by atoms with Crippen molar-refractivity contribution in [3.05, 3.63) is 35.7 Å². The number of methoxy groups -OCH3 is 2. The smallest absolute Gasteiger partial charge is 0.221 e. The number of amides is 1. The van der Waals surface area contributed by atoms with E-state index in [9.17, 15) is 4.79 Å². The average Bonchev–Trinajstić information content (AvgIpc) is 3.14. The van der Waals surface area contributed by atoms with Crippen molar-refractivity contribution in [2.45, 2.75) is 26.2 Å². The van der Waals surface area contributed by atoms with Crippen LogP contribution in [0.2, 0.25) is 0 Å². The molecule has 148 valence electrons. The van der Waals surface area contributed by atoms with Gasteiger partial charge in [-0.2, -0.15) is 4.37 Å². The summed E-state index contributed by atoms with van der Waals surface area (Å²) in [5.41, 5.74) is 1.10. The highest BCUT2D eigenvalue weighted by molar-refractivity contribution is 7.09. The van der Waals surface area contributed by atoms with E-state index in [1.54, 1.807) is 14.2 Å². The predicted molar refractivity (Wildman–Crippen MR) is 108 cm³/mol. The fraction of sp³-hybridized carbons (Fsp3) is 0.526. The van der Waals surface area contributed by atoms with Crippen molar-refractivity contribution in [1.82, 2.24) is 14.7 Å². The molecule has 0 aliphatic heterocycles. The standard InChI is InChI=1S/C19H28N4O3S/c1-4-9-20-18(24)8-10-23(11-12-25-2)19-21-17(22-27-19)14-15-6-5-7-16(13-15)26-3/h5-7,13H,4,8-12,14H2,1-3H3,(H,20,24). The molecule has 1 N–H and O–H groups in total. The highest BCUT2D eigenvalue weighted by atomic mass is 32.1. The highest BCUT2D eigenvalue weighted by Gasteiger charge is 2.14. The van der Waals surface area contributed by atoms with E-state index in [1.807, 2.05) is 31.2 Å². The summed E-state index contributed by atoms with van der Waals surface area (Å²) in [6.07, 6.45) is 2.00. The molecule has 0 aliphatic carbocycles. The molecule has 8 heteroatoms. The molecule has 0 spiro atoms. The van der Waals surface area contributed by atoms with Crippen LogP contribution in [0.3, 0.4) is 0 Å². The Kier molecular flexibility index (Phi) is 9.00. The molecule has 0 unspecified atom stereocenters. The van der Waals surface area contributed by atoms with E-state index in [2.05, 4.69) is 19.6 Å². The van der Waals surface area contributed by atoms with Crippen molar-refractivity contribution in [3.8, 4) is 5.75 Å². The Morgan fingerprint density at radius 1 is 1.30 bits per heavy atom. The first-order chi connectivity index (χ1) is 13.2. The fourth-order valence-corrected chi connectivity index (χ4v) is 3.24. The zero-order valence-electron chi connectivity index (χ0n) is 16.2. The van der Waals surface area contributed by atoms with E-state index in [-0.39, 0.29) is 5.91 Å². The second-order valence-electron chi connectivity index (χ2n) is 6.10. The number of carbonyl (C=O) groups excluding carboxylic acids is 1. The van der Waals surface area contributed by atoms with Gasteiger partial charge in [0.25, 0.3) is 0 Å². The summed E-state index contributed by atoms with van der Waals surface area (Å²) in [6.45, 7) is 4.58. The van der Waals surface area contributed by atoms with Crippen LogP contribution in [0, 0.1) is 0 Å². The molecular formula is C19H28N4O3S. The van der Waals surface area contributed by atoms with Gasteiger partial charge in [0, 0.05) is 51.1 Å². The molecule has 2 rings (SSSR count). The third-order valence-electron chi connectivity index (χ3n) is 3.97. The van der Waals surface area contributed by atoms with Crippen LogP contribution < -0.4 is 15.0 Å². The molecule has 0 radical (unpaired) electrons. The number of nitrogens with one attached hydrogen (secondary N) is 1. The number of hydrogen-bond acceptors (Lipinski definition) is 7. The molecule has 0 fully saturated rings. The Bertz CT molecular complexity index is 708. The SMILES string of the molecule is CCCNC(=O)CCN(CCOC)c1nc(Cc2cccc(OC)c2)ns1. The quantitative estimate of drug-likeness (QED) is 0.598. The number of rotatable bonds is 12. The minimum absolute atomic E-state index is 0.0559. The third kappa shape index (κ3) is 7.15. The second-order valence-corrected chi connectivity index (χ2v) is 6.83. The van der Waals surface area contributed by atoms with Gasteiger partial charge < -0.3 is 19.7 Å². The maximum Gasteiger partial charge on any atom is 0.221 e. The van der Waals surface area contributed by atoms with E-state index in [4.69, 9.17) is 9.47 Å². The lowest BCUT2D eigenvalue weighted by Gasteiger charge is -2.20. The maximum atomic E-state index is 11.9. The van der Waals surface area contributed by atoms with Gasteiger partial charge in [0.2, 0.25) is 11.0 Å². The summed E-state index contributed by atoms with van der Waals surface area (Å²) < 4.78 is 14.9. The first kappa shape index (κ1) is 21.1. The van der Waals surface area contributed by atoms with Crippen molar-refractivity contribution in [2.75, 3.05) is 45.4 Å². The molecule has 2 aromatic rings. The van der Waals surface area contributed by atoms with E-state index in [1.165, 1.54) is 11.5 Å². The van der Waals surface area contributed by atoms with Gasteiger partial charge in [-0.1, -0.05) is 19.1 Å². The number of carbonyl (C=O) groups is 1. The minimum atomic E-state index is 0.0559. The summed E-state index contributed by atoms with van der Waals surface area (Å²) in [7, 11) is 3.32. The van der Waals surface area contributed by atoms with Gasteiger partial charge in [0.1, 0.15) is 11.6 Å². The van der Waals surface area contributed by atoms with E-state index in [0.29, 0.717) is 39.1 Å². The van der Waals surface area contributed by atoms with Crippen LogP contribution in [0.1, 0.15) is 31.2 Å². The maximum absolute atomic E-state index is 11.9. The van der Waals surface area contributed by atoms with Crippen LogP contribution >= 0.6 is 11.5 Å². The Morgan fingerprint density at radius 2 is 2.15 bits per heavy atom.